The van der Waals surface area contributed by atoms with Crippen molar-refractivity contribution in [2.45, 2.75) is 6.92 Å². The zero-order valence-corrected chi connectivity index (χ0v) is 11.3. The molecule has 19 heavy (non-hydrogen) atoms. The number of aromatic nitrogens is 1. The smallest absolute Gasteiger partial charge is 0.272 e. The van der Waals surface area contributed by atoms with Gasteiger partial charge in [0.25, 0.3) is 5.69 Å². The van der Waals surface area contributed by atoms with Crippen LogP contribution in [-0.4, -0.2) is 9.91 Å². The van der Waals surface area contributed by atoms with Crippen LogP contribution in [0.5, 0.6) is 11.5 Å². The highest BCUT2D eigenvalue weighted by Gasteiger charge is 2.16. The molecule has 1 heterocycles. The van der Waals surface area contributed by atoms with Gasteiger partial charge in [0.15, 0.2) is 5.75 Å². The third-order valence-electron chi connectivity index (χ3n) is 2.30. The van der Waals surface area contributed by atoms with Crippen LogP contribution in [0, 0.1) is 17.0 Å². The predicted octanol–water partition coefficient (Wildman–Crippen LogP) is 4.40. The van der Waals surface area contributed by atoms with Gasteiger partial charge in [-0.15, -0.1) is 0 Å². The highest BCUT2D eigenvalue weighted by atomic mass is 35.5. The number of aryl methyl sites for hydroxylation is 1. The second kappa shape index (κ2) is 5.42. The normalized spacial score (nSPS) is 10.3. The van der Waals surface area contributed by atoms with E-state index in [1.165, 1.54) is 18.3 Å². The second-order valence-electron chi connectivity index (χ2n) is 3.73. The fraction of sp³-hybridized carbons (Fsp3) is 0.0833. The quantitative estimate of drug-likeness (QED) is 0.622. The van der Waals surface area contributed by atoms with Crippen molar-refractivity contribution in [1.29, 1.82) is 0 Å². The zero-order chi connectivity index (χ0) is 14.0. The Hall–Kier alpha value is -1.85. The highest BCUT2D eigenvalue weighted by molar-refractivity contribution is 6.37. The van der Waals surface area contributed by atoms with Gasteiger partial charge in [0, 0.05) is 17.8 Å². The molecule has 0 saturated carbocycles. The third kappa shape index (κ3) is 3.13. The van der Waals surface area contributed by atoms with Crippen LogP contribution in [0.1, 0.15) is 5.69 Å². The summed E-state index contributed by atoms with van der Waals surface area (Å²) in [4.78, 5) is 14.1. The largest absolute Gasteiger partial charge is 0.453 e. The lowest BCUT2D eigenvalue weighted by Crippen LogP contribution is -1.92. The van der Waals surface area contributed by atoms with Crippen LogP contribution in [0.2, 0.25) is 10.0 Å². The molecule has 0 aliphatic heterocycles. The molecule has 98 valence electrons. The lowest BCUT2D eigenvalue weighted by atomic mass is 10.3. The average molecular weight is 299 g/mol. The monoisotopic (exact) mass is 298 g/mol. The number of rotatable bonds is 3. The number of hydrogen-bond donors (Lipinski definition) is 0. The molecule has 1 aromatic carbocycles. The molecule has 0 spiro atoms. The number of nitro benzene ring substituents is 1. The number of non-ortho nitro benzene ring substituents is 1. The number of nitro groups is 1. The highest BCUT2D eigenvalue weighted by Crippen LogP contribution is 2.39. The van der Waals surface area contributed by atoms with Gasteiger partial charge >= 0.3 is 0 Å². The summed E-state index contributed by atoms with van der Waals surface area (Å²) < 4.78 is 5.48. The van der Waals surface area contributed by atoms with Crippen molar-refractivity contribution >= 4 is 28.9 Å². The number of benzene rings is 1. The SMILES string of the molecule is Cc1ccc(Oc2c(Cl)cc([N+](=O)[O-])cc2Cl)cn1. The molecular formula is C12H8Cl2N2O3. The van der Waals surface area contributed by atoms with Gasteiger partial charge in [0.2, 0.25) is 0 Å². The standard InChI is InChI=1S/C12H8Cl2N2O3/c1-7-2-3-9(6-15-7)19-12-10(13)4-8(16(17)18)5-11(12)14/h2-6H,1H3. The van der Waals surface area contributed by atoms with Gasteiger partial charge in [0.05, 0.1) is 21.2 Å². The Bertz CT molecular complexity index is 606. The molecule has 0 aliphatic carbocycles. The summed E-state index contributed by atoms with van der Waals surface area (Å²) in [6.07, 6.45) is 1.52. The summed E-state index contributed by atoms with van der Waals surface area (Å²) >= 11 is 11.9. The van der Waals surface area contributed by atoms with E-state index in [9.17, 15) is 10.1 Å². The first-order chi connectivity index (χ1) is 8.97. The molecule has 0 saturated heterocycles. The molecule has 0 unspecified atom stereocenters. The Balaban J connectivity index is 2.35. The van der Waals surface area contributed by atoms with E-state index in [2.05, 4.69) is 4.98 Å². The van der Waals surface area contributed by atoms with E-state index in [0.717, 1.165) is 5.69 Å². The maximum atomic E-state index is 10.6. The van der Waals surface area contributed by atoms with Crippen LogP contribution in [0.3, 0.4) is 0 Å². The van der Waals surface area contributed by atoms with E-state index in [4.69, 9.17) is 27.9 Å². The molecule has 0 atom stereocenters. The molecule has 7 heteroatoms. The Morgan fingerprint density at radius 2 is 1.89 bits per heavy atom. The Labute approximate surface area is 118 Å². The average Bonchev–Trinajstić information content (AvgIpc) is 2.35. The molecule has 1 aromatic heterocycles. The maximum absolute atomic E-state index is 10.6. The molecule has 0 amide bonds. The first-order valence-corrected chi connectivity index (χ1v) is 5.97. The molecule has 2 aromatic rings. The van der Waals surface area contributed by atoms with Crippen molar-refractivity contribution in [3.8, 4) is 11.5 Å². The number of hydrogen-bond acceptors (Lipinski definition) is 4. The van der Waals surface area contributed by atoms with Crippen molar-refractivity contribution in [3.63, 3.8) is 0 Å². The van der Waals surface area contributed by atoms with Crippen LogP contribution >= 0.6 is 23.2 Å². The van der Waals surface area contributed by atoms with Crippen LogP contribution in [-0.2, 0) is 0 Å². The minimum atomic E-state index is -0.574. The van der Waals surface area contributed by atoms with Crippen LogP contribution in [0.4, 0.5) is 5.69 Å². The summed E-state index contributed by atoms with van der Waals surface area (Å²) in [5.41, 5.74) is 0.651. The second-order valence-corrected chi connectivity index (χ2v) is 4.55. The minimum absolute atomic E-state index is 0.0692. The van der Waals surface area contributed by atoms with Crippen molar-refractivity contribution < 1.29 is 9.66 Å². The summed E-state index contributed by atoms with van der Waals surface area (Å²) in [5.74, 6) is 0.614. The number of ether oxygens (including phenoxy) is 1. The van der Waals surface area contributed by atoms with Crippen molar-refractivity contribution in [2.75, 3.05) is 0 Å². The van der Waals surface area contributed by atoms with Gasteiger partial charge in [-0.2, -0.15) is 0 Å². The van der Waals surface area contributed by atoms with Gasteiger partial charge in [-0.1, -0.05) is 23.2 Å². The van der Waals surface area contributed by atoms with Crippen LogP contribution < -0.4 is 4.74 Å². The molecule has 0 fully saturated rings. The molecular weight excluding hydrogens is 291 g/mol. The molecule has 0 N–H and O–H groups in total. The fourth-order valence-electron chi connectivity index (χ4n) is 1.38. The molecule has 5 nitrogen and oxygen atoms in total. The van der Waals surface area contributed by atoms with Crippen molar-refractivity contribution in [1.82, 2.24) is 4.98 Å². The fourth-order valence-corrected chi connectivity index (χ4v) is 1.93. The van der Waals surface area contributed by atoms with Gasteiger partial charge in [-0.05, 0) is 19.1 Å². The van der Waals surface area contributed by atoms with E-state index >= 15 is 0 Å². The van der Waals surface area contributed by atoms with Gasteiger partial charge in [-0.25, -0.2) is 0 Å². The lowest BCUT2D eigenvalue weighted by molar-refractivity contribution is -0.384. The molecule has 0 radical (unpaired) electrons. The Morgan fingerprint density at radius 3 is 2.37 bits per heavy atom. The predicted molar refractivity (Wildman–Crippen MR) is 72.2 cm³/mol. The zero-order valence-electron chi connectivity index (χ0n) is 9.76. The van der Waals surface area contributed by atoms with Gasteiger partial charge in [-0.3, -0.25) is 15.1 Å². The van der Waals surface area contributed by atoms with E-state index in [1.54, 1.807) is 12.1 Å². The molecule has 0 aliphatic rings. The van der Waals surface area contributed by atoms with E-state index < -0.39 is 4.92 Å². The van der Waals surface area contributed by atoms with Gasteiger partial charge < -0.3 is 4.74 Å². The lowest BCUT2D eigenvalue weighted by Gasteiger charge is -2.09. The van der Waals surface area contributed by atoms with Crippen LogP contribution in [0.25, 0.3) is 0 Å². The first-order valence-electron chi connectivity index (χ1n) is 5.21. The van der Waals surface area contributed by atoms with E-state index in [-0.39, 0.29) is 21.5 Å². The summed E-state index contributed by atoms with van der Waals surface area (Å²) in [7, 11) is 0. The Morgan fingerprint density at radius 1 is 1.26 bits per heavy atom. The third-order valence-corrected chi connectivity index (χ3v) is 2.86. The summed E-state index contributed by atoms with van der Waals surface area (Å²) in [6, 6.07) is 5.84. The molecule has 2 rings (SSSR count). The number of halogens is 2. The van der Waals surface area contributed by atoms with Crippen LogP contribution in [0.15, 0.2) is 30.5 Å². The van der Waals surface area contributed by atoms with E-state index in [1.807, 2.05) is 6.92 Å². The minimum Gasteiger partial charge on any atom is -0.453 e. The van der Waals surface area contributed by atoms with Crippen molar-refractivity contribution in [2.24, 2.45) is 0 Å². The number of pyridine rings is 1. The summed E-state index contributed by atoms with van der Waals surface area (Å²) in [6.45, 7) is 1.84. The topological polar surface area (TPSA) is 65.3 Å². The van der Waals surface area contributed by atoms with Gasteiger partial charge in [0.1, 0.15) is 5.75 Å². The molecule has 0 bridgehead atoms. The Kier molecular flexibility index (Phi) is 3.87. The number of nitrogens with zero attached hydrogens (tertiary/aromatic N) is 2. The van der Waals surface area contributed by atoms with E-state index in [0.29, 0.717) is 5.75 Å². The summed E-state index contributed by atoms with van der Waals surface area (Å²) in [5, 5.41) is 10.8. The van der Waals surface area contributed by atoms with Crippen molar-refractivity contribution in [3.05, 3.63) is 56.3 Å². The first kappa shape index (κ1) is 13.6. The maximum Gasteiger partial charge on any atom is 0.272 e.